The SMILES string of the molecule is CCC(C)C(N)C(=O)NC(CCCN=C(N)N)C(=O)NC(CCC(=O)O)C(=O)N1CCCC1C(=O)O. The number of aliphatic imine (C=N–C) groups is 1. The molecule has 0 bridgehead atoms. The minimum Gasteiger partial charge on any atom is -0.481 e. The molecule has 1 rings (SSSR count). The molecular weight excluding hydrogens is 474 g/mol. The minimum atomic E-state index is -1.28. The number of carbonyl (C=O) groups is 5. The number of hydrogen-bond donors (Lipinski definition) is 7. The summed E-state index contributed by atoms with van der Waals surface area (Å²) in [5, 5.41) is 23.6. The van der Waals surface area contributed by atoms with E-state index in [2.05, 4.69) is 15.6 Å². The van der Waals surface area contributed by atoms with Gasteiger partial charge in [0, 0.05) is 19.5 Å². The van der Waals surface area contributed by atoms with Crippen LogP contribution >= 0.6 is 0 Å². The van der Waals surface area contributed by atoms with Crippen molar-refractivity contribution in [3.8, 4) is 0 Å². The van der Waals surface area contributed by atoms with Crippen LogP contribution in [0.1, 0.15) is 58.8 Å². The third-order valence-electron chi connectivity index (χ3n) is 6.22. The van der Waals surface area contributed by atoms with Crippen LogP contribution in [0, 0.1) is 5.92 Å². The Morgan fingerprint density at radius 3 is 2.25 bits per heavy atom. The second-order valence-corrected chi connectivity index (χ2v) is 8.94. The number of rotatable bonds is 15. The number of hydrogen-bond acceptors (Lipinski definition) is 7. The van der Waals surface area contributed by atoms with Crippen LogP contribution in [0.25, 0.3) is 0 Å². The van der Waals surface area contributed by atoms with E-state index in [1.807, 2.05) is 6.92 Å². The fourth-order valence-corrected chi connectivity index (χ4v) is 3.84. The van der Waals surface area contributed by atoms with Gasteiger partial charge in [0.2, 0.25) is 17.7 Å². The molecule has 14 nitrogen and oxygen atoms in total. The summed E-state index contributed by atoms with van der Waals surface area (Å²) in [6, 6.07) is -4.30. The number of likely N-dealkylation sites (tertiary alicyclic amines) is 1. The van der Waals surface area contributed by atoms with Gasteiger partial charge >= 0.3 is 11.9 Å². The first-order valence-electron chi connectivity index (χ1n) is 12.1. The van der Waals surface area contributed by atoms with Crippen LogP contribution in [0.2, 0.25) is 0 Å². The lowest BCUT2D eigenvalue weighted by Crippen LogP contribution is -2.57. The normalized spacial score (nSPS) is 18.4. The molecule has 0 radical (unpaired) electrons. The first kappa shape index (κ1) is 30.6. The smallest absolute Gasteiger partial charge is 0.326 e. The third kappa shape index (κ3) is 9.68. The average molecular weight is 514 g/mol. The molecule has 36 heavy (non-hydrogen) atoms. The molecule has 10 N–H and O–H groups in total. The highest BCUT2D eigenvalue weighted by Crippen LogP contribution is 2.20. The standard InChI is InChI=1S/C22H39N7O7/c1-3-12(2)17(23)19(33)27-13(6-4-10-26-22(24)25)18(32)28-14(8-9-16(30)31)20(34)29-11-5-7-15(29)21(35)36/h12-15,17H,3-11,23H2,1-2H3,(H,27,33)(H,28,32)(H,30,31)(H,35,36)(H4,24,25,26). The second kappa shape index (κ2) is 14.9. The average Bonchev–Trinajstić information content (AvgIpc) is 3.32. The molecule has 5 atom stereocenters. The number of amides is 3. The maximum Gasteiger partial charge on any atom is 0.326 e. The van der Waals surface area contributed by atoms with Crippen molar-refractivity contribution in [3.05, 3.63) is 0 Å². The molecule has 3 amide bonds. The van der Waals surface area contributed by atoms with Crippen molar-refractivity contribution in [1.29, 1.82) is 0 Å². The van der Waals surface area contributed by atoms with Gasteiger partial charge in [-0.3, -0.25) is 24.2 Å². The summed E-state index contributed by atoms with van der Waals surface area (Å²) in [6.07, 6.45) is 1.13. The molecule has 0 saturated carbocycles. The van der Waals surface area contributed by atoms with E-state index >= 15 is 0 Å². The van der Waals surface area contributed by atoms with Crippen LogP contribution in [0.5, 0.6) is 0 Å². The zero-order chi connectivity index (χ0) is 27.4. The summed E-state index contributed by atoms with van der Waals surface area (Å²) in [6.45, 7) is 4.04. The van der Waals surface area contributed by atoms with Crippen LogP contribution in [-0.2, 0) is 24.0 Å². The Kier molecular flexibility index (Phi) is 12.6. The van der Waals surface area contributed by atoms with E-state index in [9.17, 15) is 29.1 Å². The van der Waals surface area contributed by atoms with Crippen LogP contribution in [0.15, 0.2) is 4.99 Å². The minimum absolute atomic E-state index is 0.114. The van der Waals surface area contributed by atoms with Crippen molar-refractivity contribution >= 4 is 35.6 Å². The molecule has 1 aliphatic heterocycles. The fraction of sp³-hybridized carbons (Fsp3) is 0.727. The van der Waals surface area contributed by atoms with Gasteiger partial charge in [-0.2, -0.15) is 0 Å². The van der Waals surface area contributed by atoms with Gasteiger partial charge in [-0.05, 0) is 38.0 Å². The van der Waals surface area contributed by atoms with E-state index in [1.165, 1.54) is 0 Å². The number of aliphatic carboxylic acids is 2. The highest BCUT2D eigenvalue weighted by molar-refractivity contribution is 5.94. The molecule has 0 aromatic heterocycles. The molecule has 5 unspecified atom stereocenters. The predicted molar refractivity (Wildman–Crippen MR) is 130 cm³/mol. The van der Waals surface area contributed by atoms with Gasteiger partial charge in [0.05, 0.1) is 6.04 Å². The fourth-order valence-electron chi connectivity index (χ4n) is 3.84. The second-order valence-electron chi connectivity index (χ2n) is 8.94. The molecule has 1 heterocycles. The van der Waals surface area contributed by atoms with Crippen LogP contribution in [0.3, 0.4) is 0 Å². The maximum absolute atomic E-state index is 13.2. The van der Waals surface area contributed by atoms with E-state index in [4.69, 9.17) is 22.3 Å². The Bertz CT molecular complexity index is 832. The lowest BCUT2D eigenvalue weighted by atomic mass is 9.98. The molecular formula is C22H39N7O7. The summed E-state index contributed by atoms with van der Waals surface area (Å²) < 4.78 is 0. The van der Waals surface area contributed by atoms with Crippen LogP contribution in [0.4, 0.5) is 0 Å². The highest BCUT2D eigenvalue weighted by Gasteiger charge is 2.38. The summed E-state index contributed by atoms with van der Waals surface area (Å²) >= 11 is 0. The number of carboxylic acids is 2. The van der Waals surface area contributed by atoms with Crippen molar-refractivity contribution in [2.45, 2.75) is 83.0 Å². The highest BCUT2D eigenvalue weighted by atomic mass is 16.4. The molecule has 1 aliphatic rings. The van der Waals surface area contributed by atoms with Gasteiger partial charge in [-0.1, -0.05) is 20.3 Å². The van der Waals surface area contributed by atoms with Crippen molar-refractivity contribution in [3.63, 3.8) is 0 Å². The largest absolute Gasteiger partial charge is 0.481 e. The summed E-state index contributed by atoms with van der Waals surface area (Å²) in [5.41, 5.74) is 16.6. The molecule has 0 spiro atoms. The maximum atomic E-state index is 13.2. The van der Waals surface area contributed by atoms with Gasteiger partial charge in [0.25, 0.3) is 0 Å². The van der Waals surface area contributed by atoms with Crippen molar-refractivity contribution in [2.24, 2.45) is 28.1 Å². The molecule has 14 heteroatoms. The lowest BCUT2D eigenvalue weighted by molar-refractivity contribution is -0.150. The number of carbonyl (C=O) groups excluding carboxylic acids is 3. The zero-order valence-corrected chi connectivity index (χ0v) is 20.8. The monoisotopic (exact) mass is 513 g/mol. The first-order valence-corrected chi connectivity index (χ1v) is 12.1. The van der Waals surface area contributed by atoms with Gasteiger partial charge < -0.3 is 42.9 Å². The number of nitrogens with one attached hydrogen (secondary N) is 2. The van der Waals surface area contributed by atoms with Crippen LogP contribution < -0.4 is 27.8 Å². The lowest BCUT2D eigenvalue weighted by Gasteiger charge is -2.29. The van der Waals surface area contributed by atoms with Gasteiger partial charge in [0.1, 0.15) is 18.1 Å². The summed E-state index contributed by atoms with van der Waals surface area (Å²) in [7, 11) is 0. The molecule has 0 aromatic carbocycles. The van der Waals surface area contributed by atoms with E-state index in [-0.39, 0.29) is 44.2 Å². The van der Waals surface area contributed by atoms with E-state index in [0.717, 1.165) is 4.90 Å². The van der Waals surface area contributed by atoms with Gasteiger partial charge in [-0.25, -0.2) is 4.79 Å². The van der Waals surface area contributed by atoms with E-state index < -0.39 is 60.2 Å². The van der Waals surface area contributed by atoms with Crippen molar-refractivity contribution in [1.82, 2.24) is 15.5 Å². The van der Waals surface area contributed by atoms with Gasteiger partial charge in [-0.15, -0.1) is 0 Å². The van der Waals surface area contributed by atoms with E-state index in [1.54, 1.807) is 6.92 Å². The quantitative estimate of drug-likeness (QED) is 0.0744. The van der Waals surface area contributed by atoms with Crippen molar-refractivity contribution in [2.75, 3.05) is 13.1 Å². The predicted octanol–water partition coefficient (Wildman–Crippen LogP) is -1.68. The molecule has 0 aromatic rings. The zero-order valence-electron chi connectivity index (χ0n) is 20.8. The topological polar surface area (TPSA) is 244 Å². The van der Waals surface area contributed by atoms with E-state index in [0.29, 0.717) is 19.3 Å². The summed E-state index contributed by atoms with van der Waals surface area (Å²) in [5.74, 6) is -4.59. The Labute approximate surface area is 210 Å². The number of carboxylic acid groups (broad SMARTS) is 2. The Morgan fingerprint density at radius 2 is 1.69 bits per heavy atom. The Morgan fingerprint density at radius 1 is 1.06 bits per heavy atom. The Balaban J connectivity index is 3.07. The first-order chi connectivity index (χ1) is 16.9. The number of nitrogens with zero attached hydrogens (tertiary/aromatic N) is 2. The number of nitrogens with two attached hydrogens (primary N) is 3. The molecule has 1 fully saturated rings. The Hall–Kier alpha value is -3.42. The van der Waals surface area contributed by atoms with Gasteiger partial charge in [0.15, 0.2) is 5.96 Å². The molecule has 1 saturated heterocycles. The number of guanidine groups is 1. The summed E-state index contributed by atoms with van der Waals surface area (Å²) in [4.78, 5) is 66.6. The molecule has 0 aliphatic carbocycles. The van der Waals surface area contributed by atoms with Crippen molar-refractivity contribution < 1.29 is 34.2 Å². The van der Waals surface area contributed by atoms with Crippen LogP contribution in [-0.4, -0.2) is 88.0 Å². The third-order valence-corrected chi connectivity index (χ3v) is 6.22. The molecule has 204 valence electrons.